The lowest BCUT2D eigenvalue weighted by molar-refractivity contribution is -0.139. The minimum absolute atomic E-state index is 0.153. The zero-order valence-corrected chi connectivity index (χ0v) is 7.06. The molecule has 0 radical (unpaired) electrons. The summed E-state index contributed by atoms with van der Waals surface area (Å²) in [6, 6.07) is 0. The first-order chi connectivity index (χ1) is 5.20. The van der Waals surface area contributed by atoms with Crippen LogP contribution in [0.25, 0.3) is 0 Å². The first-order valence-corrected chi connectivity index (χ1v) is 4.01. The monoisotopic (exact) mass is 177 g/mol. The summed E-state index contributed by atoms with van der Waals surface area (Å²) >= 11 is 1.05. The van der Waals surface area contributed by atoms with Crippen LogP contribution in [0.4, 0.5) is 0 Å². The van der Waals surface area contributed by atoms with Crippen molar-refractivity contribution in [3.05, 3.63) is 0 Å². The molecule has 0 spiro atoms. The van der Waals surface area contributed by atoms with Crippen LogP contribution < -0.4 is 11.6 Å². The highest BCUT2D eigenvalue weighted by molar-refractivity contribution is 8.14. The van der Waals surface area contributed by atoms with Crippen molar-refractivity contribution in [2.45, 2.75) is 6.92 Å². The molecule has 4 N–H and O–H groups in total. The molecule has 0 aliphatic carbocycles. The van der Waals surface area contributed by atoms with Gasteiger partial charge in [0.25, 0.3) is 0 Å². The van der Waals surface area contributed by atoms with Gasteiger partial charge in [0.05, 0.1) is 12.4 Å². The average Bonchev–Trinajstić information content (AvgIpc) is 2.01. The molecule has 0 saturated heterocycles. The minimum atomic E-state index is -0.316. The Kier molecular flexibility index (Phi) is 5.36. The SMILES string of the molecule is CCOC(=O)CSC(N)=NN. The van der Waals surface area contributed by atoms with Gasteiger partial charge in [0.15, 0.2) is 5.17 Å². The summed E-state index contributed by atoms with van der Waals surface area (Å²) in [6.45, 7) is 2.11. The van der Waals surface area contributed by atoms with Crippen molar-refractivity contribution in [3.8, 4) is 0 Å². The Hall–Kier alpha value is -0.910. The third-order valence-electron chi connectivity index (χ3n) is 0.770. The predicted molar refractivity (Wildman–Crippen MR) is 44.9 cm³/mol. The number of hydrogen-bond donors (Lipinski definition) is 2. The van der Waals surface area contributed by atoms with Crippen LogP contribution in [0.1, 0.15) is 6.92 Å². The van der Waals surface area contributed by atoms with E-state index >= 15 is 0 Å². The summed E-state index contributed by atoms with van der Waals surface area (Å²) in [5, 5.41) is 3.35. The molecule has 11 heavy (non-hydrogen) atoms. The first-order valence-electron chi connectivity index (χ1n) is 3.02. The van der Waals surface area contributed by atoms with Gasteiger partial charge < -0.3 is 16.3 Å². The number of nitrogens with two attached hydrogens (primary N) is 2. The van der Waals surface area contributed by atoms with Gasteiger partial charge >= 0.3 is 5.97 Å². The lowest BCUT2D eigenvalue weighted by atomic mass is 10.8. The van der Waals surface area contributed by atoms with Gasteiger partial charge in [0, 0.05) is 0 Å². The van der Waals surface area contributed by atoms with Crippen LogP contribution in [-0.4, -0.2) is 23.5 Å². The molecule has 0 aliphatic heterocycles. The van der Waals surface area contributed by atoms with Crippen LogP contribution in [0.5, 0.6) is 0 Å². The van der Waals surface area contributed by atoms with Crippen LogP contribution >= 0.6 is 11.8 Å². The van der Waals surface area contributed by atoms with Gasteiger partial charge in [0.2, 0.25) is 0 Å². The number of amidine groups is 1. The molecular weight excluding hydrogens is 166 g/mol. The lowest BCUT2D eigenvalue weighted by Gasteiger charge is -1.99. The number of carbonyl (C=O) groups excluding carboxylic acids is 1. The Morgan fingerprint density at radius 3 is 2.82 bits per heavy atom. The number of esters is 1. The van der Waals surface area contributed by atoms with E-state index < -0.39 is 0 Å². The van der Waals surface area contributed by atoms with Crippen LogP contribution in [0.2, 0.25) is 0 Å². The third kappa shape index (κ3) is 5.53. The Morgan fingerprint density at radius 2 is 2.36 bits per heavy atom. The van der Waals surface area contributed by atoms with E-state index in [4.69, 9.17) is 11.6 Å². The van der Waals surface area contributed by atoms with E-state index in [0.29, 0.717) is 6.61 Å². The predicted octanol–water partition coefficient (Wildman–Crippen LogP) is -0.529. The molecule has 0 aromatic carbocycles. The molecule has 5 nitrogen and oxygen atoms in total. The Labute approximate surface area is 69.1 Å². The van der Waals surface area contributed by atoms with Crippen molar-refractivity contribution in [3.63, 3.8) is 0 Å². The molecule has 0 aromatic heterocycles. The number of hydrazone groups is 1. The quantitative estimate of drug-likeness (QED) is 0.199. The van der Waals surface area contributed by atoms with Crippen LogP contribution in [0.3, 0.4) is 0 Å². The van der Waals surface area contributed by atoms with E-state index in [2.05, 4.69) is 9.84 Å². The highest BCUT2D eigenvalue weighted by Gasteiger charge is 2.02. The first kappa shape index (κ1) is 10.1. The molecule has 0 heterocycles. The highest BCUT2D eigenvalue weighted by Crippen LogP contribution is 1.98. The molecule has 6 heteroatoms. The van der Waals surface area contributed by atoms with E-state index in [0.717, 1.165) is 11.8 Å². The van der Waals surface area contributed by atoms with Gasteiger partial charge in [-0.1, -0.05) is 11.8 Å². The number of hydrogen-bond acceptors (Lipinski definition) is 5. The number of rotatable bonds is 3. The van der Waals surface area contributed by atoms with E-state index in [1.807, 2.05) is 0 Å². The van der Waals surface area contributed by atoms with E-state index in [9.17, 15) is 4.79 Å². The fourth-order valence-corrected chi connectivity index (χ4v) is 0.796. The molecule has 0 atom stereocenters. The van der Waals surface area contributed by atoms with Crippen LogP contribution in [0, 0.1) is 0 Å². The molecule has 0 aromatic rings. The standard InChI is InChI=1S/C5H11N3O2S/c1-2-10-4(9)3-11-5(6)8-7/h2-3,7H2,1H3,(H2,6,8). The normalized spacial score (nSPS) is 11.2. The molecule has 0 unspecified atom stereocenters. The Balaban J connectivity index is 3.46. The molecule has 0 bridgehead atoms. The third-order valence-corrected chi connectivity index (χ3v) is 1.55. The molecule has 64 valence electrons. The van der Waals surface area contributed by atoms with Gasteiger partial charge in [-0.15, -0.1) is 0 Å². The van der Waals surface area contributed by atoms with E-state index in [-0.39, 0.29) is 16.9 Å². The van der Waals surface area contributed by atoms with Crippen LogP contribution in [0.15, 0.2) is 5.10 Å². The van der Waals surface area contributed by atoms with Crippen molar-refractivity contribution in [1.82, 2.24) is 0 Å². The molecule has 0 amide bonds. The van der Waals surface area contributed by atoms with Crippen molar-refractivity contribution in [1.29, 1.82) is 0 Å². The highest BCUT2D eigenvalue weighted by atomic mass is 32.2. The van der Waals surface area contributed by atoms with Crippen molar-refractivity contribution >= 4 is 22.9 Å². The zero-order chi connectivity index (χ0) is 8.69. The minimum Gasteiger partial charge on any atom is -0.465 e. The molecule has 0 saturated carbocycles. The maximum Gasteiger partial charge on any atom is 0.316 e. The lowest BCUT2D eigenvalue weighted by Crippen LogP contribution is -2.14. The second kappa shape index (κ2) is 5.84. The topological polar surface area (TPSA) is 90.7 Å². The smallest absolute Gasteiger partial charge is 0.316 e. The number of ether oxygens (including phenoxy) is 1. The fraction of sp³-hybridized carbons (Fsp3) is 0.600. The Bertz CT molecular complexity index is 160. The summed E-state index contributed by atoms with van der Waals surface area (Å²) < 4.78 is 4.63. The second-order valence-electron chi connectivity index (χ2n) is 1.56. The van der Waals surface area contributed by atoms with Gasteiger partial charge in [-0.2, -0.15) is 5.10 Å². The largest absolute Gasteiger partial charge is 0.465 e. The maximum atomic E-state index is 10.7. The molecule has 0 aliphatic rings. The Morgan fingerprint density at radius 1 is 1.73 bits per heavy atom. The molecular formula is C5H11N3O2S. The van der Waals surface area contributed by atoms with E-state index in [1.54, 1.807) is 6.92 Å². The summed E-state index contributed by atoms with van der Waals surface area (Å²) in [6.07, 6.45) is 0. The van der Waals surface area contributed by atoms with Crippen molar-refractivity contribution in [2.24, 2.45) is 16.7 Å². The van der Waals surface area contributed by atoms with E-state index in [1.165, 1.54) is 0 Å². The number of thioether (sulfide) groups is 1. The van der Waals surface area contributed by atoms with Gasteiger partial charge in [0.1, 0.15) is 0 Å². The molecule has 0 fully saturated rings. The number of nitrogens with zero attached hydrogens (tertiary/aromatic N) is 1. The maximum absolute atomic E-state index is 10.7. The summed E-state index contributed by atoms with van der Waals surface area (Å²) in [5.41, 5.74) is 5.20. The second-order valence-corrected chi connectivity index (χ2v) is 2.56. The average molecular weight is 177 g/mol. The van der Waals surface area contributed by atoms with Crippen LogP contribution in [-0.2, 0) is 9.53 Å². The van der Waals surface area contributed by atoms with Crippen molar-refractivity contribution in [2.75, 3.05) is 12.4 Å². The summed E-state index contributed by atoms with van der Waals surface area (Å²) in [7, 11) is 0. The van der Waals surface area contributed by atoms with Gasteiger partial charge in [-0.3, -0.25) is 4.79 Å². The summed E-state index contributed by atoms with van der Waals surface area (Å²) in [4.78, 5) is 10.7. The van der Waals surface area contributed by atoms with Gasteiger partial charge in [-0.05, 0) is 6.92 Å². The summed E-state index contributed by atoms with van der Waals surface area (Å²) in [5.74, 6) is 4.66. The van der Waals surface area contributed by atoms with Gasteiger partial charge in [-0.25, -0.2) is 0 Å². The fourth-order valence-electron chi connectivity index (χ4n) is 0.373. The number of carbonyl (C=O) groups is 1. The zero-order valence-electron chi connectivity index (χ0n) is 6.24. The van der Waals surface area contributed by atoms with Crippen molar-refractivity contribution < 1.29 is 9.53 Å². The molecule has 0 rings (SSSR count).